The van der Waals surface area contributed by atoms with E-state index in [1.807, 2.05) is 29.1 Å². The summed E-state index contributed by atoms with van der Waals surface area (Å²) in [6.07, 6.45) is -0.661. The van der Waals surface area contributed by atoms with Gasteiger partial charge >= 0.3 is 6.18 Å². The van der Waals surface area contributed by atoms with E-state index >= 15 is 0 Å². The van der Waals surface area contributed by atoms with Crippen LogP contribution in [0.3, 0.4) is 0 Å². The van der Waals surface area contributed by atoms with Crippen LogP contribution in [0.1, 0.15) is 4.88 Å². The van der Waals surface area contributed by atoms with Gasteiger partial charge in [0.2, 0.25) is 0 Å². The highest BCUT2D eigenvalue weighted by Crippen LogP contribution is 2.39. The molecule has 0 fully saturated rings. The van der Waals surface area contributed by atoms with Crippen LogP contribution in [0.5, 0.6) is 0 Å². The smallest absolute Gasteiger partial charge is 0.324 e. The number of hydrogen-bond donors (Lipinski definition) is 0. The number of rotatable bonds is 2. The van der Waals surface area contributed by atoms with E-state index in [1.54, 1.807) is 24.3 Å². The maximum Gasteiger partial charge on any atom is 0.427 e. The highest BCUT2D eigenvalue weighted by atomic mass is 32.1. The summed E-state index contributed by atoms with van der Waals surface area (Å²) in [7, 11) is 0. The Morgan fingerprint density at radius 1 is 1.05 bits per heavy atom. The van der Waals surface area contributed by atoms with Gasteiger partial charge in [-0.25, -0.2) is 4.98 Å². The lowest BCUT2D eigenvalue weighted by Crippen LogP contribution is -2.04. The summed E-state index contributed by atoms with van der Waals surface area (Å²) in [4.78, 5) is 3.00. The zero-order valence-corrected chi connectivity index (χ0v) is 10.9. The van der Waals surface area contributed by atoms with E-state index < -0.39 is 11.1 Å². The molecule has 0 bridgehead atoms. The van der Waals surface area contributed by atoms with Crippen molar-refractivity contribution in [1.29, 1.82) is 0 Å². The number of alkyl halides is 3. The van der Waals surface area contributed by atoms with Crippen LogP contribution in [0.2, 0.25) is 0 Å². The van der Waals surface area contributed by atoms with Gasteiger partial charge in [-0.15, -0.1) is 11.3 Å². The highest BCUT2D eigenvalue weighted by Gasteiger charge is 2.36. The van der Waals surface area contributed by atoms with Crippen LogP contribution in [0.25, 0.3) is 16.9 Å². The Balaban J connectivity index is 1.98. The molecule has 0 spiro atoms. The summed E-state index contributed by atoms with van der Waals surface area (Å²) in [5, 5.41) is 0. The third kappa shape index (κ3) is 2.34. The molecule has 6 heteroatoms. The Kier molecular flexibility index (Phi) is 3.10. The molecule has 101 valence electrons. The third-order valence-corrected chi connectivity index (χ3v) is 3.63. The summed E-state index contributed by atoms with van der Waals surface area (Å²) in [6.45, 7) is 0. The van der Waals surface area contributed by atoms with Gasteiger partial charge in [0.15, 0.2) is 5.51 Å². The van der Waals surface area contributed by atoms with Gasteiger partial charge < -0.3 is 4.57 Å². The van der Waals surface area contributed by atoms with E-state index in [0.717, 1.165) is 5.69 Å². The molecule has 0 N–H and O–H groups in total. The van der Waals surface area contributed by atoms with Gasteiger partial charge in [-0.05, 0) is 24.3 Å². The van der Waals surface area contributed by atoms with Crippen molar-refractivity contribution in [1.82, 2.24) is 9.55 Å². The van der Waals surface area contributed by atoms with E-state index in [1.165, 1.54) is 0 Å². The molecule has 0 saturated heterocycles. The summed E-state index contributed by atoms with van der Waals surface area (Å²) >= 11 is 0.487. The third-order valence-electron chi connectivity index (χ3n) is 2.82. The van der Waals surface area contributed by atoms with Crippen LogP contribution in [-0.4, -0.2) is 9.55 Å². The molecule has 3 rings (SSSR count). The second kappa shape index (κ2) is 4.79. The normalized spacial score (nSPS) is 11.8. The maximum atomic E-state index is 12.8. The fourth-order valence-electron chi connectivity index (χ4n) is 1.90. The topological polar surface area (TPSA) is 17.8 Å². The molecule has 1 aromatic carbocycles. The Labute approximate surface area is 117 Å². The molecule has 0 atom stereocenters. The second-order valence-corrected chi connectivity index (χ2v) is 4.91. The van der Waals surface area contributed by atoms with Crippen molar-refractivity contribution in [2.24, 2.45) is 0 Å². The minimum atomic E-state index is -4.40. The van der Waals surface area contributed by atoms with E-state index in [0.29, 0.717) is 16.9 Å². The fraction of sp³-hybridized carbons (Fsp3) is 0.0714. The first-order valence-corrected chi connectivity index (χ1v) is 6.55. The van der Waals surface area contributed by atoms with Gasteiger partial charge in [-0.1, -0.05) is 12.1 Å². The van der Waals surface area contributed by atoms with Gasteiger partial charge in [0.1, 0.15) is 4.88 Å². The van der Waals surface area contributed by atoms with Crippen molar-refractivity contribution < 1.29 is 13.2 Å². The van der Waals surface area contributed by atoms with Gasteiger partial charge in [0, 0.05) is 23.6 Å². The highest BCUT2D eigenvalue weighted by molar-refractivity contribution is 7.09. The predicted molar refractivity (Wildman–Crippen MR) is 70.7 cm³/mol. The quantitative estimate of drug-likeness (QED) is 0.684. The lowest BCUT2D eigenvalue weighted by atomic mass is 10.1. The fourth-order valence-corrected chi connectivity index (χ4v) is 2.50. The van der Waals surface area contributed by atoms with Gasteiger partial charge in [0.05, 0.1) is 5.69 Å². The zero-order valence-electron chi connectivity index (χ0n) is 10.1. The predicted octanol–water partition coefficient (Wildman–Crippen LogP) is 4.42. The molecule has 0 amide bonds. The van der Waals surface area contributed by atoms with E-state index in [9.17, 15) is 13.2 Å². The Bertz CT molecular complexity index is 697. The Morgan fingerprint density at radius 3 is 2.30 bits per heavy atom. The first-order valence-electron chi connectivity index (χ1n) is 5.73. The molecular weight excluding hydrogens is 285 g/mol. The van der Waals surface area contributed by atoms with Crippen LogP contribution in [0.15, 0.2) is 48.8 Å². The van der Waals surface area contributed by atoms with Crippen molar-refractivity contribution in [2.75, 3.05) is 0 Å². The lowest BCUT2D eigenvalue weighted by Gasteiger charge is -2.07. The van der Waals surface area contributed by atoms with E-state index in [-0.39, 0.29) is 5.69 Å². The summed E-state index contributed by atoms with van der Waals surface area (Å²) in [6, 6.07) is 10.5. The molecule has 2 heterocycles. The molecule has 0 saturated carbocycles. The molecule has 2 aromatic heterocycles. The standard InChI is InChI=1S/C14H8F3N2S/c15-14(16,17)13-12(18-9-20-13)10-3-5-11(6-4-10)19-7-1-2-8-19/h1-8H. The largest absolute Gasteiger partial charge is 0.427 e. The summed E-state index contributed by atoms with van der Waals surface area (Å²) in [5.41, 5.74) is 3.56. The molecule has 1 radical (unpaired) electrons. The molecular formula is C14H8F3N2S. The van der Waals surface area contributed by atoms with Crippen LogP contribution in [0.4, 0.5) is 13.2 Å². The lowest BCUT2D eigenvalue weighted by molar-refractivity contribution is -0.134. The van der Waals surface area contributed by atoms with Crippen molar-refractivity contribution >= 4 is 11.3 Å². The van der Waals surface area contributed by atoms with Crippen molar-refractivity contribution in [3.8, 4) is 16.9 Å². The number of benzene rings is 1. The molecule has 0 unspecified atom stereocenters. The first kappa shape index (κ1) is 12.9. The molecule has 20 heavy (non-hydrogen) atoms. The molecule has 0 aliphatic carbocycles. The van der Waals surface area contributed by atoms with Crippen LogP contribution in [-0.2, 0) is 6.18 Å². The van der Waals surface area contributed by atoms with Crippen LogP contribution in [0, 0.1) is 5.51 Å². The van der Waals surface area contributed by atoms with Crippen molar-refractivity contribution in [3.05, 3.63) is 59.2 Å². The van der Waals surface area contributed by atoms with Gasteiger partial charge in [-0.2, -0.15) is 13.2 Å². The average Bonchev–Trinajstić information content (AvgIpc) is 3.10. The first-order chi connectivity index (χ1) is 9.55. The van der Waals surface area contributed by atoms with E-state index in [4.69, 9.17) is 0 Å². The SMILES string of the molecule is FC(F)(F)c1s[c]nc1-c1ccc(-n2cccc2)cc1. The molecule has 0 aliphatic rings. The van der Waals surface area contributed by atoms with Crippen molar-refractivity contribution in [3.63, 3.8) is 0 Å². The number of nitrogens with zero attached hydrogens (tertiary/aromatic N) is 2. The minimum Gasteiger partial charge on any atom is -0.324 e. The van der Waals surface area contributed by atoms with Crippen LogP contribution < -0.4 is 0 Å². The number of aromatic nitrogens is 2. The van der Waals surface area contributed by atoms with Crippen molar-refractivity contribution in [2.45, 2.75) is 6.18 Å². The van der Waals surface area contributed by atoms with Crippen LogP contribution >= 0.6 is 11.3 Å². The monoisotopic (exact) mass is 293 g/mol. The number of thiazole rings is 1. The molecule has 2 nitrogen and oxygen atoms in total. The second-order valence-electron chi connectivity index (χ2n) is 4.12. The minimum absolute atomic E-state index is 0.0680. The van der Waals surface area contributed by atoms with E-state index in [2.05, 4.69) is 10.5 Å². The number of hydrogen-bond acceptors (Lipinski definition) is 2. The Hall–Kier alpha value is -2.08. The maximum absolute atomic E-state index is 12.8. The average molecular weight is 293 g/mol. The van der Waals surface area contributed by atoms with Gasteiger partial charge in [0.25, 0.3) is 0 Å². The molecule has 3 aromatic rings. The number of halogens is 3. The summed E-state index contributed by atoms with van der Waals surface area (Å²) in [5.74, 6) is 0. The Morgan fingerprint density at radius 2 is 1.70 bits per heavy atom. The molecule has 0 aliphatic heterocycles. The van der Waals surface area contributed by atoms with Gasteiger partial charge in [-0.3, -0.25) is 0 Å². The summed E-state index contributed by atoms with van der Waals surface area (Å²) < 4.78 is 40.3. The zero-order chi connectivity index (χ0) is 14.2.